The van der Waals surface area contributed by atoms with Gasteiger partial charge in [-0.25, -0.2) is 4.98 Å². The number of halogens is 2. The molecule has 1 fully saturated rings. The Morgan fingerprint density at radius 1 is 1.48 bits per heavy atom. The van der Waals surface area contributed by atoms with E-state index in [0.29, 0.717) is 12.0 Å². The van der Waals surface area contributed by atoms with Gasteiger partial charge in [0.25, 0.3) is 0 Å². The van der Waals surface area contributed by atoms with Crippen molar-refractivity contribution in [3.05, 3.63) is 29.5 Å². The predicted octanol–water partition coefficient (Wildman–Crippen LogP) is 3.42. The molecule has 2 aromatic heterocycles. The molecule has 1 saturated heterocycles. The number of rotatable bonds is 4. The standard InChI is InChI=1S/C14H19N3OS.2ClH/c1-10-5-11(6-15)7-17(10)8-12-9-19-14(16-12)13-3-2-4-18-13;;/h2-4,9-11H,5-8,15H2,1H3;2*1H. The minimum absolute atomic E-state index is 0. The van der Waals surface area contributed by atoms with E-state index in [0.717, 1.165) is 36.1 Å². The lowest BCUT2D eigenvalue weighted by Gasteiger charge is -2.19. The quantitative estimate of drug-likeness (QED) is 0.918. The van der Waals surface area contributed by atoms with E-state index >= 15 is 0 Å². The maximum Gasteiger partial charge on any atom is 0.162 e. The molecule has 0 saturated carbocycles. The fourth-order valence-corrected chi connectivity index (χ4v) is 3.49. The summed E-state index contributed by atoms with van der Waals surface area (Å²) in [7, 11) is 0. The molecule has 1 aliphatic heterocycles. The van der Waals surface area contributed by atoms with Crippen LogP contribution in [0.4, 0.5) is 0 Å². The van der Waals surface area contributed by atoms with Gasteiger partial charge in [0.2, 0.25) is 0 Å². The summed E-state index contributed by atoms with van der Waals surface area (Å²) in [5, 5.41) is 3.09. The minimum Gasteiger partial charge on any atom is -0.462 e. The van der Waals surface area contributed by atoms with E-state index in [-0.39, 0.29) is 24.8 Å². The number of hydrogen-bond donors (Lipinski definition) is 1. The van der Waals surface area contributed by atoms with Gasteiger partial charge in [0.15, 0.2) is 10.8 Å². The van der Waals surface area contributed by atoms with Crippen molar-refractivity contribution in [2.45, 2.75) is 25.9 Å². The molecule has 3 rings (SSSR count). The van der Waals surface area contributed by atoms with E-state index in [2.05, 4.69) is 22.2 Å². The molecule has 2 aromatic rings. The lowest BCUT2D eigenvalue weighted by molar-refractivity contribution is 0.253. The summed E-state index contributed by atoms with van der Waals surface area (Å²) in [6, 6.07) is 4.44. The van der Waals surface area contributed by atoms with Gasteiger partial charge in [-0.1, -0.05) is 0 Å². The Balaban J connectivity index is 0.00000110. The first-order valence-electron chi connectivity index (χ1n) is 6.68. The molecule has 0 amide bonds. The van der Waals surface area contributed by atoms with E-state index < -0.39 is 0 Å². The SMILES string of the molecule is CC1CC(CN)CN1Cc1csc(-c2ccco2)n1.Cl.Cl. The molecule has 0 aliphatic carbocycles. The fraction of sp³-hybridized carbons (Fsp3) is 0.500. The van der Waals surface area contributed by atoms with Crippen molar-refractivity contribution in [3.8, 4) is 10.8 Å². The first kappa shape index (κ1) is 18.5. The van der Waals surface area contributed by atoms with Crippen LogP contribution in [0.1, 0.15) is 19.0 Å². The number of nitrogens with two attached hydrogens (primary N) is 1. The molecule has 4 nitrogen and oxygen atoms in total. The van der Waals surface area contributed by atoms with Crippen LogP contribution in [0.5, 0.6) is 0 Å². The van der Waals surface area contributed by atoms with E-state index in [1.54, 1.807) is 17.6 Å². The molecule has 2 N–H and O–H groups in total. The molecule has 0 aromatic carbocycles. The average Bonchev–Trinajstić information content (AvgIpc) is 3.11. The number of hydrogen-bond acceptors (Lipinski definition) is 5. The highest BCUT2D eigenvalue weighted by Crippen LogP contribution is 2.27. The maximum absolute atomic E-state index is 5.77. The summed E-state index contributed by atoms with van der Waals surface area (Å²) in [6.45, 7) is 5.06. The van der Waals surface area contributed by atoms with Crippen LogP contribution in [0.2, 0.25) is 0 Å². The second kappa shape index (κ2) is 8.15. The van der Waals surface area contributed by atoms with E-state index in [1.165, 1.54) is 6.42 Å². The number of likely N-dealkylation sites (tertiary alicyclic amines) is 1. The molecule has 0 spiro atoms. The van der Waals surface area contributed by atoms with Crippen LogP contribution in [-0.4, -0.2) is 29.0 Å². The molecule has 2 unspecified atom stereocenters. The molecule has 0 bridgehead atoms. The van der Waals surface area contributed by atoms with Crippen LogP contribution < -0.4 is 5.73 Å². The smallest absolute Gasteiger partial charge is 0.162 e. The van der Waals surface area contributed by atoms with Gasteiger partial charge in [-0.2, -0.15) is 0 Å². The monoisotopic (exact) mass is 349 g/mol. The molecular weight excluding hydrogens is 329 g/mol. The fourth-order valence-electron chi connectivity index (χ4n) is 2.71. The summed E-state index contributed by atoms with van der Waals surface area (Å²) < 4.78 is 5.38. The Morgan fingerprint density at radius 3 is 2.90 bits per heavy atom. The van der Waals surface area contributed by atoms with Gasteiger partial charge in [0, 0.05) is 24.5 Å². The zero-order valence-corrected chi connectivity index (χ0v) is 14.3. The van der Waals surface area contributed by atoms with Gasteiger partial charge in [-0.3, -0.25) is 4.90 Å². The van der Waals surface area contributed by atoms with Crippen LogP contribution >= 0.6 is 36.2 Å². The van der Waals surface area contributed by atoms with Crippen molar-refractivity contribution in [1.29, 1.82) is 0 Å². The molecular formula is C14H21Cl2N3OS. The maximum atomic E-state index is 5.77. The third kappa shape index (κ3) is 4.20. The topological polar surface area (TPSA) is 55.3 Å². The Bertz CT molecular complexity index is 532. The minimum atomic E-state index is 0. The van der Waals surface area contributed by atoms with Crippen LogP contribution in [-0.2, 0) is 6.54 Å². The molecule has 21 heavy (non-hydrogen) atoms. The van der Waals surface area contributed by atoms with E-state index in [9.17, 15) is 0 Å². The number of furan rings is 1. The van der Waals surface area contributed by atoms with Gasteiger partial charge >= 0.3 is 0 Å². The highest BCUT2D eigenvalue weighted by molar-refractivity contribution is 7.13. The molecule has 2 atom stereocenters. The largest absolute Gasteiger partial charge is 0.462 e. The predicted molar refractivity (Wildman–Crippen MR) is 91.3 cm³/mol. The van der Waals surface area contributed by atoms with Crippen molar-refractivity contribution in [3.63, 3.8) is 0 Å². The van der Waals surface area contributed by atoms with Gasteiger partial charge in [0.05, 0.1) is 12.0 Å². The normalized spacial score (nSPS) is 21.8. The average molecular weight is 350 g/mol. The second-order valence-corrected chi connectivity index (χ2v) is 6.10. The molecule has 3 heterocycles. The Kier molecular flexibility index (Phi) is 7.16. The van der Waals surface area contributed by atoms with Crippen molar-refractivity contribution in [1.82, 2.24) is 9.88 Å². The summed E-state index contributed by atoms with van der Waals surface area (Å²) in [5.74, 6) is 1.49. The van der Waals surface area contributed by atoms with Gasteiger partial charge < -0.3 is 10.2 Å². The Labute approximate surface area is 141 Å². The summed E-state index contributed by atoms with van der Waals surface area (Å²) in [4.78, 5) is 7.12. The van der Waals surface area contributed by atoms with E-state index in [1.807, 2.05) is 12.1 Å². The third-order valence-electron chi connectivity index (χ3n) is 3.77. The molecule has 118 valence electrons. The summed E-state index contributed by atoms with van der Waals surface area (Å²) in [5.41, 5.74) is 6.89. The zero-order chi connectivity index (χ0) is 13.2. The van der Waals surface area contributed by atoms with Gasteiger partial charge in [-0.15, -0.1) is 36.2 Å². The summed E-state index contributed by atoms with van der Waals surface area (Å²) in [6.07, 6.45) is 2.89. The lowest BCUT2D eigenvalue weighted by atomic mass is 10.1. The van der Waals surface area contributed by atoms with Crippen LogP contribution in [0.15, 0.2) is 28.2 Å². The first-order chi connectivity index (χ1) is 9.26. The number of nitrogens with zero attached hydrogens (tertiary/aromatic N) is 2. The van der Waals surface area contributed by atoms with E-state index in [4.69, 9.17) is 10.2 Å². The lowest BCUT2D eigenvalue weighted by Crippen LogP contribution is -2.27. The highest BCUT2D eigenvalue weighted by Gasteiger charge is 2.28. The van der Waals surface area contributed by atoms with Crippen molar-refractivity contribution in [2.75, 3.05) is 13.1 Å². The Hall–Kier alpha value is -0.590. The van der Waals surface area contributed by atoms with Gasteiger partial charge in [-0.05, 0) is 37.9 Å². The third-order valence-corrected chi connectivity index (χ3v) is 4.68. The summed E-state index contributed by atoms with van der Waals surface area (Å²) >= 11 is 1.64. The first-order valence-corrected chi connectivity index (χ1v) is 7.56. The van der Waals surface area contributed by atoms with Crippen LogP contribution in [0, 0.1) is 5.92 Å². The Morgan fingerprint density at radius 2 is 2.29 bits per heavy atom. The van der Waals surface area contributed by atoms with Crippen molar-refractivity contribution < 1.29 is 4.42 Å². The molecule has 0 radical (unpaired) electrons. The van der Waals surface area contributed by atoms with Crippen LogP contribution in [0.25, 0.3) is 10.8 Å². The number of aromatic nitrogens is 1. The van der Waals surface area contributed by atoms with Crippen molar-refractivity contribution in [2.24, 2.45) is 11.7 Å². The van der Waals surface area contributed by atoms with Crippen LogP contribution in [0.3, 0.4) is 0 Å². The zero-order valence-electron chi connectivity index (χ0n) is 11.9. The molecule has 7 heteroatoms. The molecule has 1 aliphatic rings. The second-order valence-electron chi connectivity index (χ2n) is 5.24. The van der Waals surface area contributed by atoms with Crippen molar-refractivity contribution >= 4 is 36.2 Å². The number of thiazole rings is 1. The highest BCUT2D eigenvalue weighted by atomic mass is 35.5. The van der Waals surface area contributed by atoms with Gasteiger partial charge in [0.1, 0.15) is 0 Å².